The molecule has 1 saturated carbocycles. The van der Waals surface area contributed by atoms with Gasteiger partial charge in [0.1, 0.15) is 0 Å². The molecule has 0 unspecified atom stereocenters. The molecule has 0 atom stereocenters. The van der Waals surface area contributed by atoms with Crippen molar-refractivity contribution in [1.82, 2.24) is 0 Å². The van der Waals surface area contributed by atoms with Gasteiger partial charge in [-0.3, -0.25) is 0 Å². The summed E-state index contributed by atoms with van der Waals surface area (Å²) >= 11 is 0. The van der Waals surface area contributed by atoms with E-state index in [0.29, 0.717) is 12.8 Å². The third-order valence-corrected chi connectivity index (χ3v) is 2.99. The van der Waals surface area contributed by atoms with Gasteiger partial charge in [0.05, 0.1) is 7.11 Å². The maximum Gasteiger partial charge on any atom is 0.378 e. The van der Waals surface area contributed by atoms with Gasteiger partial charge in [-0.2, -0.15) is 0 Å². The maximum atomic E-state index is 11.3. The van der Waals surface area contributed by atoms with Crippen LogP contribution >= 0.6 is 0 Å². The molecule has 1 N–H and O–H groups in total. The number of aliphatic hydroxyl groups excluding tert-OH is 1. The van der Waals surface area contributed by atoms with Gasteiger partial charge in [0.25, 0.3) is 0 Å². The molecule has 1 aliphatic carbocycles. The van der Waals surface area contributed by atoms with Crippen LogP contribution in [0.1, 0.15) is 32.1 Å². The van der Waals surface area contributed by atoms with E-state index >= 15 is 0 Å². The number of rotatable bonds is 1. The molecule has 0 radical (unpaired) electrons. The molecule has 4 nitrogen and oxygen atoms in total. The van der Waals surface area contributed by atoms with E-state index in [1.54, 1.807) is 0 Å². The van der Waals surface area contributed by atoms with Crippen LogP contribution in [0.3, 0.4) is 0 Å². The minimum absolute atomic E-state index is 0.00954. The summed E-state index contributed by atoms with van der Waals surface area (Å²) in [5.74, 6) is -0.566. The average Bonchev–Trinajstić information content (AvgIpc) is 2.40. The molecule has 0 aromatic carbocycles. The summed E-state index contributed by atoms with van der Waals surface area (Å²) in [6.07, 6.45) is 4.51. The van der Waals surface area contributed by atoms with Crippen molar-refractivity contribution >= 4 is 5.97 Å². The van der Waals surface area contributed by atoms with Crippen LogP contribution in [0.4, 0.5) is 0 Å². The Kier molecular flexibility index (Phi) is 2.13. The van der Waals surface area contributed by atoms with Gasteiger partial charge in [0, 0.05) is 0 Å². The maximum absolute atomic E-state index is 11.3. The first-order chi connectivity index (χ1) is 6.69. The van der Waals surface area contributed by atoms with Crippen molar-refractivity contribution in [1.29, 1.82) is 0 Å². The first kappa shape index (κ1) is 9.37. The van der Waals surface area contributed by atoms with E-state index in [2.05, 4.69) is 0 Å². The highest BCUT2D eigenvalue weighted by Crippen LogP contribution is 2.42. The fourth-order valence-electron chi connectivity index (χ4n) is 2.22. The molecule has 1 fully saturated rings. The second-order valence-electron chi connectivity index (χ2n) is 3.83. The summed E-state index contributed by atoms with van der Waals surface area (Å²) in [5, 5.41) is 9.84. The Balaban J connectivity index is 2.30. The van der Waals surface area contributed by atoms with Gasteiger partial charge >= 0.3 is 5.97 Å². The van der Waals surface area contributed by atoms with Crippen molar-refractivity contribution in [3.63, 3.8) is 0 Å². The number of esters is 1. The lowest BCUT2D eigenvalue weighted by atomic mass is 9.84. The molecule has 1 spiro atoms. The molecule has 2 rings (SSSR count). The minimum Gasteiger partial charge on any atom is -0.505 e. The zero-order valence-electron chi connectivity index (χ0n) is 8.21. The minimum atomic E-state index is -0.763. The van der Waals surface area contributed by atoms with Crippen LogP contribution in [-0.4, -0.2) is 23.8 Å². The van der Waals surface area contributed by atoms with Crippen LogP contribution in [0, 0.1) is 0 Å². The molecule has 2 aliphatic rings. The molecule has 78 valence electrons. The summed E-state index contributed by atoms with van der Waals surface area (Å²) in [6.45, 7) is 0. The summed E-state index contributed by atoms with van der Waals surface area (Å²) in [5.41, 5.74) is -0.763. The van der Waals surface area contributed by atoms with Crippen molar-refractivity contribution < 1.29 is 19.4 Å². The Hall–Kier alpha value is -1.19. The van der Waals surface area contributed by atoms with Crippen molar-refractivity contribution in [3.05, 3.63) is 11.5 Å². The average molecular weight is 198 g/mol. The summed E-state index contributed by atoms with van der Waals surface area (Å²) in [6, 6.07) is 0. The summed E-state index contributed by atoms with van der Waals surface area (Å²) in [4.78, 5) is 11.3. The van der Waals surface area contributed by atoms with Crippen LogP contribution in [0.5, 0.6) is 0 Å². The standard InChI is InChI=1S/C10H14O4/c1-13-7-8(11)10(14-9(7)12)5-3-2-4-6-10/h11H,2-6H2,1H3. The number of carbonyl (C=O) groups excluding carboxylic acids is 1. The molecular weight excluding hydrogens is 184 g/mol. The molecule has 0 amide bonds. The van der Waals surface area contributed by atoms with Crippen LogP contribution in [0.2, 0.25) is 0 Å². The van der Waals surface area contributed by atoms with Gasteiger partial charge in [0.2, 0.25) is 5.76 Å². The Morgan fingerprint density at radius 1 is 1.36 bits per heavy atom. The van der Waals surface area contributed by atoms with E-state index in [-0.39, 0.29) is 11.5 Å². The SMILES string of the molecule is COC1=C(O)C2(CCCCC2)OC1=O. The largest absolute Gasteiger partial charge is 0.505 e. The van der Waals surface area contributed by atoms with E-state index in [9.17, 15) is 9.90 Å². The van der Waals surface area contributed by atoms with E-state index < -0.39 is 11.6 Å². The highest BCUT2D eigenvalue weighted by molar-refractivity contribution is 5.90. The van der Waals surface area contributed by atoms with Gasteiger partial charge < -0.3 is 14.6 Å². The molecular formula is C10H14O4. The molecule has 0 aromatic rings. The van der Waals surface area contributed by atoms with E-state index in [1.807, 2.05) is 0 Å². The number of aliphatic hydroxyl groups is 1. The Labute approximate surface area is 82.5 Å². The Morgan fingerprint density at radius 2 is 2.00 bits per heavy atom. The molecule has 0 bridgehead atoms. The lowest BCUT2D eigenvalue weighted by molar-refractivity contribution is -0.152. The third kappa shape index (κ3) is 1.17. The van der Waals surface area contributed by atoms with E-state index in [1.165, 1.54) is 7.11 Å². The quantitative estimate of drug-likeness (QED) is 0.651. The van der Waals surface area contributed by atoms with Crippen molar-refractivity contribution in [2.45, 2.75) is 37.7 Å². The highest BCUT2D eigenvalue weighted by Gasteiger charge is 2.49. The first-order valence-electron chi connectivity index (χ1n) is 4.91. The smallest absolute Gasteiger partial charge is 0.378 e. The van der Waals surface area contributed by atoms with Gasteiger partial charge in [-0.15, -0.1) is 0 Å². The van der Waals surface area contributed by atoms with Crippen molar-refractivity contribution in [2.24, 2.45) is 0 Å². The molecule has 14 heavy (non-hydrogen) atoms. The normalized spacial score (nSPS) is 25.4. The highest BCUT2D eigenvalue weighted by atomic mass is 16.6. The number of hydrogen-bond acceptors (Lipinski definition) is 4. The van der Waals surface area contributed by atoms with Crippen LogP contribution in [0.25, 0.3) is 0 Å². The van der Waals surface area contributed by atoms with Crippen LogP contribution in [0.15, 0.2) is 11.5 Å². The summed E-state index contributed by atoms with van der Waals surface area (Å²) < 4.78 is 10.0. The van der Waals surface area contributed by atoms with Crippen molar-refractivity contribution in [3.8, 4) is 0 Å². The number of ether oxygens (including phenoxy) is 2. The fourth-order valence-corrected chi connectivity index (χ4v) is 2.22. The Bertz CT molecular complexity index is 286. The van der Waals surface area contributed by atoms with Crippen molar-refractivity contribution in [2.75, 3.05) is 7.11 Å². The fraction of sp³-hybridized carbons (Fsp3) is 0.700. The zero-order chi connectivity index (χ0) is 10.2. The molecule has 1 heterocycles. The predicted octanol–water partition coefficient (Wildman–Crippen LogP) is 1.66. The summed E-state index contributed by atoms with van der Waals surface area (Å²) in [7, 11) is 1.37. The van der Waals surface area contributed by atoms with Gasteiger partial charge in [0.15, 0.2) is 11.4 Å². The number of hydrogen-bond donors (Lipinski definition) is 1. The monoisotopic (exact) mass is 198 g/mol. The number of methoxy groups -OCH3 is 1. The van der Waals surface area contributed by atoms with Crippen LogP contribution in [-0.2, 0) is 14.3 Å². The lowest BCUT2D eigenvalue weighted by Gasteiger charge is -2.31. The van der Waals surface area contributed by atoms with Gasteiger partial charge in [-0.25, -0.2) is 4.79 Å². The number of carbonyl (C=O) groups is 1. The Morgan fingerprint density at radius 3 is 2.50 bits per heavy atom. The first-order valence-corrected chi connectivity index (χ1v) is 4.91. The zero-order valence-corrected chi connectivity index (χ0v) is 8.21. The molecule has 0 aromatic heterocycles. The topological polar surface area (TPSA) is 55.8 Å². The van der Waals surface area contributed by atoms with Gasteiger partial charge in [-0.05, 0) is 25.7 Å². The predicted molar refractivity (Wildman–Crippen MR) is 48.6 cm³/mol. The van der Waals surface area contributed by atoms with Gasteiger partial charge in [-0.1, -0.05) is 6.42 Å². The molecule has 0 saturated heterocycles. The molecule has 1 aliphatic heterocycles. The van der Waals surface area contributed by atoms with E-state index in [4.69, 9.17) is 9.47 Å². The molecule has 4 heteroatoms. The second kappa shape index (κ2) is 3.19. The lowest BCUT2D eigenvalue weighted by Crippen LogP contribution is -2.34. The van der Waals surface area contributed by atoms with E-state index in [0.717, 1.165) is 19.3 Å². The third-order valence-electron chi connectivity index (χ3n) is 2.99. The van der Waals surface area contributed by atoms with Crippen LogP contribution < -0.4 is 0 Å². The second-order valence-corrected chi connectivity index (χ2v) is 3.83.